The molecule has 0 spiro atoms. The molecule has 0 aromatic heterocycles. The minimum absolute atomic E-state index is 0.0501. The van der Waals surface area contributed by atoms with Gasteiger partial charge in [-0.15, -0.1) is 0 Å². The lowest BCUT2D eigenvalue weighted by Crippen LogP contribution is -2.33. The summed E-state index contributed by atoms with van der Waals surface area (Å²) in [5, 5.41) is 3.03. The van der Waals surface area contributed by atoms with Gasteiger partial charge in [-0.3, -0.25) is 9.59 Å². The molecule has 0 aliphatic carbocycles. The number of piperidine rings is 1. The van der Waals surface area contributed by atoms with E-state index in [4.69, 9.17) is 0 Å². The second kappa shape index (κ2) is 9.01. The maximum atomic E-state index is 12.8. The maximum Gasteiger partial charge on any atom is 0.259 e. The molecule has 5 nitrogen and oxygen atoms in total. The topological polar surface area (TPSA) is 52.7 Å². The molecule has 0 unspecified atom stereocenters. The molecule has 2 amide bonds. The van der Waals surface area contributed by atoms with E-state index in [1.54, 1.807) is 23.7 Å². The summed E-state index contributed by atoms with van der Waals surface area (Å²) in [6.45, 7) is 4.07. The second-order valence-corrected chi connectivity index (χ2v) is 8.74. The van der Waals surface area contributed by atoms with Crippen molar-refractivity contribution in [2.75, 3.05) is 38.1 Å². The first-order valence-corrected chi connectivity index (χ1v) is 11.1. The highest BCUT2D eigenvalue weighted by atomic mass is 32.2. The number of likely N-dealkylation sites (tertiary alicyclic amines) is 1. The molecule has 0 atom stereocenters. The summed E-state index contributed by atoms with van der Waals surface area (Å²) in [5.41, 5.74) is 2.06. The number of hydrogen-bond acceptors (Lipinski definition) is 4. The molecule has 1 fully saturated rings. The van der Waals surface area contributed by atoms with Crippen LogP contribution in [0.2, 0.25) is 0 Å². The van der Waals surface area contributed by atoms with E-state index >= 15 is 0 Å². The highest BCUT2D eigenvalue weighted by Gasteiger charge is 2.25. The van der Waals surface area contributed by atoms with E-state index in [0.29, 0.717) is 17.7 Å². The normalized spacial score (nSPS) is 16.7. The third kappa shape index (κ3) is 4.49. The van der Waals surface area contributed by atoms with E-state index in [2.05, 4.69) is 10.2 Å². The summed E-state index contributed by atoms with van der Waals surface area (Å²) in [6.07, 6.45) is 4.87. The van der Waals surface area contributed by atoms with E-state index in [1.165, 1.54) is 32.4 Å². The zero-order chi connectivity index (χ0) is 20.2. The molecule has 2 heterocycles. The predicted octanol–water partition coefficient (Wildman–Crippen LogP) is 4.03. The van der Waals surface area contributed by atoms with E-state index in [0.717, 1.165) is 28.4 Å². The SMILES string of the molecule is CN1C(=O)c2ccccc2Sc2ccc(C(=O)NCCCN3CCCCC3)cc21. The molecular weight excluding hydrogens is 382 g/mol. The summed E-state index contributed by atoms with van der Waals surface area (Å²) in [6, 6.07) is 13.2. The van der Waals surface area contributed by atoms with Gasteiger partial charge < -0.3 is 15.1 Å². The fourth-order valence-corrected chi connectivity index (χ4v) is 5.02. The minimum atomic E-state index is -0.0842. The van der Waals surface area contributed by atoms with Crippen molar-refractivity contribution >= 4 is 29.3 Å². The van der Waals surface area contributed by atoms with Gasteiger partial charge in [-0.1, -0.05) is 30.3 Å². The van der Waals surface area contributed by atoms with E-state index in [1.807, 2.05) is 42.5 Å². The summed E-state index contributed by atoms with van der Waals surface area (Å²) >= 11 is 1.57. The average molecular weight is 410 g/mol. The monoisotopic (exact) mass is 409 g/mol. The Labute approximate surface area is 176 Å². The van der Waals surface area contributed by atoms with Crippen molar-refractivity contribution in [3.8, 4) is 0 Å². The zero-order valence-corrected chi connectivity index (χ0v) is 17.6. The molecule has 2 aliphatic rings. The van der Waals surface area contributed by atoms with Crippen molar-refractivity contribution in [3.05, 3.63) is 53.6 Å². The number of rotatable bonds is 5. The highest BCUT2D eigenvalue weighted by molar-refractivity contribution is 7.99. The number of anilines is 1. The molecule has 1 N–H and O–H groups in total. The fourth-order valence-electron chi connectivity index (χ4n) is 3.94. The lowest BCUT2D eigenvalue weighted by molar-refractivity contribution is 0.0948. The van der Waals surface area contributed by atoms with Gasteiger partial charge in [0.1, 0.15) is 0 Å². The summed E-state index contributed by atoms with van der Waals surface area (Å²) in [5.74, 6) is -0.134. The first-order valence-electron chi connectivity index (χ1n) is 10.3. The Hall–Kier alpha value is -2.31. The van der Waals surface area contributed by atoms with Gasteiger partial charge in [0.15, 0.2) is 0 Å². The van der Waals surface area contributed by atoms with Crippen LogP contribution >= 0.6 is 11.8 Å². The Balaban J connectivity index is 1.41. The molecule has 0 radical (unpaired) electrons. The fraction of sp³-hybridized carbons (Fsp3) is 0.391. The lowest BCUT2D eigenvalue weighted by Gasteiger charge is -2.26. The van der Waals surface area contributed by atoms with E-state index < -0.39 is 0 Å². The van der Waals surface area contributed by atoms with Crippen LogP contribution in [0.4, 0.5) is 5.69 Å². The van der Waals surface area contributed by atoms with E-state index in [-0.39, 0.29) is 11.8 Å². The summed E-state index contributed by atoms with van der Waals surface area (Å²) in [4.78, 5) is 31.5. The van der Waals surface area contributed by atoms with E-state index in [9.17, 15) is 9.59 Å². The molecule has 0 bridgehead atoms. The molecule has 29 heavy (non-hydrogen) atoms. The third-order valence-electron chi connectivity index (χ3n) is 5.61. The number of benzene rings is 2. The number of fused-ring (bicyclic) bond motifs is 2. The van der Waals surface area contributed by atoms with Crippen molar-refractivity contribution < 1.29 is 9.59 Å². The van der Waals surface area contributed by atoms with Gasteiger partial charge in [0.05, 0.1) is 11.3 Å². The molecule has 6 heteroatoms. The summed E-state index contributed by atoms with van der Waals surface area (Å²) < 4.78 is 0. The van der Waals surface area contributed by atoms with Crippen molar-refractivity contribution in [2.24, 2.45) is 0 Å². The Kier molecular flexibility index (Phi) is 6.21. The van der Waals surface area contributed by atoms with Crippen LogP contribution in [0.3, 0.4) is 0 Å². The van der Waals surface area contributed by atoms with Gasteiger partial charge in [-0.25, -0.2) is 0 Å². The van der Waals surface area contributed by atoms with Crippen molar-refractivity contribution in [1.29, 1.82) is 0 Å². The lowest BCUT2D eigenvalue weighted by atomic mass is 10.1. The Morgan fingerprint density at radius 1 is 1.07 bits per heavy atom. The second-order valence-electron chi connectivity index (χ2n) is 7.66. The molecule has 2 aliphatic heterocycles. The third-order valence-corrected chi connectivity index (χ3v) is 6.75. The van der Waals surface area contributed by atoms with Gasteiger partial charge in [0.25, 0.3) is 11.8 Å². The van der Waals surface area contributed by atoms with Gasteiger partial charge in [-0.2, -0.15) is 0 Å². The molecule has 2 aromatic carbocycles. The van der Waals surface area contributed by atoms with Crippen molar-refractivity contribution in [1.82, 2.24) is 10.2 Å². The number of nitrogens with zero attached hydrogens (tertiary/aromatic N) is 2. The van der Waals surface area contributed by atoms with Crippen molar-refractivity contribution in [2.45, 2.75) is 35.5 Å². The summed E-state index contributed by atoms with van der Waals surface area (Å²) in [7, 11) is 1.77. The highest BCUT2D eigenvalue weighted by Crippen LogP contribution is 2.41. The quantitative estimate of drug-likeness (QED) is 0.758. The molecule has 1 saturated heterocycles. The van der Waals surface area contributed by atoms with Crippen molar-refractivity contribution in [3.63, 3.8) is 0 Å². The predicted molar refractivity (Wildman–Crippen MR) is 117 cm³/mol. The number of amides is 2. The van der Waals surface area contributed by atoms with Gasteiger partial charge in [0.2, 0.25) is 0 Å². The average Bonchev–Trinajstić information content (AvgIpc) is 2.86. The van der Waals surface area contributed by atoms with Crippen LogP contribution in [-0.4, -0.2) is 49.9 Å². The van der Waals surface area contributed by atoms with Crippen LogP contribution in [0.15, 0.2) is 52.3 Å². The number of carbonyl (C=O) groups excluding carboxylic acids is 2. The number of nitrogens with one attached hydrogen (secondary N) is 1. The van der Waals surface area contributed by atoms with Gasteiger partial charge >= 0.3 is 0 Å². The maximum absolute atomic E-state index is 12.8. The van der Waals surface area contributed by atoms with Crippen LogP contribution in [0.5, 0.6) is 0 Å². The van der Waals surface area contributed by atoms with Gasteiger partial charge in [0, 0.05) is 28.9 Å². The van der Waals surface area contributed by atoms with Crippen LogP contribution in [0, 0.1) is 0 Å². The zero-order valence-electron chi connectivity index (χ0n) is 16.8. The number of hydrogen-bond donors (Lipinski definition) is 1. The molecule has 4 rings (SSSR count). The Morgan fingerprint density at radius 3 is 2.69 bits per heavy atom. The smallest absolute Gasteiger partial charge is 0.259 e. The molecule has 0 saturated carbocycles. The van der Waals surface area contributed by atoms with Crippen LogP contribution in [-0.2, 0) is 0 Å². The Bertz CT molecular complexity index is 909. The molecule has 152 valence electrons. The van der Waals surface area contributed by atoms with Gasteiger partial charge in [-0.05, 0) is 69.2 Å². The largest absolute Gasteiger partial charge is 0.352 e. The van der Waals surface area contributed by atoms with Crippen LogP contribution < -0.4 is 10.2 Å². The molecular formula is C23H27N3O2S. The molecule has 2 aromatic rings. The number of carbonyl (C=O) groups is 2. The first kappa shape index (κ1) is 20.0. The Morgan fingerprint density at radius 2 is 1.86 bits per heavy atom. The van der Waals surface area contributed by atoms with Crippen LogP contribution in [0.25, 0.3) is 0 Å². The van der Waals surface area contributed by atoms with Crippen LogP contribution in [0.1, 0.15) is 46.4 Å². The standard InChI is InChI=1S/C23H27N3O2S/c1-25-19-16-17(22(27)24-12-7-15-26-13-5-2-6-14-26)10-11-21(19)29-20-9-4-3-8-18(20)23(25)28/h3-4,8-11,16H,2,5-7,12-15H2,1H3,(H,24,27). The minimum Gasteiger partial charge on any atom is -0.352 e. The first-order chi connectivity index (χ1) is 14.1.